The van der Waals surface area contributed by atoms with E-state index in [1.807, 2.05) is 25.1 Å². The fraction of sp³-hybridized carbons (Fsp3) is 0.143. The van der Waals surface area contributed by atoms with Crippen molar-refractivity contribution >= 4 is 11.3 Å². The number of nitrogens with two attached hydrogens (primary N) is 1. The molecule has 4 nitrogen and oxygen atoms in total. The number of alkyl halides is 3. The number of aryl methyl sites for hydroxylation is 1. The maximum Gasteiger partial charge on any atom is 0.417 e. The van der Waals surface area contributed by atoms with Gasteiger partial charge in [-0.3, -0.25) is 4.40 Å². The largest absolute Gasteiger partial charge is 0.417 e. The first-order chi connectivity index (χ1) is 9.86. The molecule has 21 heavy (non-hydrogen) atoms. The molecule has 0 saturated heterocycles. The van der Waals surface area contributed by atoms with Crippen LogP contribution in [0.25, 0.3) is 17.0 Å². The second kappa shape index (κ2) is 4.47. The molecule has 0 radical (unpaired) electrons. The Labute approximate surface area is 118 Å². The molecule has 0 spiro atoms. The summed E-state index contributed by atoms with van der Waals surface area (Å²) >= 11 is 0. The van der Waals surface area contributed by atoms with Gasteiger partial charge in [0.05, 0.1) is 11.3 Å². The van der Waals surface area contributed by atoms with Crippen LogP contribution >= 0.6 is 0 Å². The third-order valence-corrected chi connectivity index (χ3v) is 3.14. The molecule has 0 aliphatic rings. The minimum atomic E-state index is -4.48. The smallest absolute Gasteiger partial charge is 0.396 e. The van der Waals surface area contributed by atoms with Crippen LogP contribution in [0.1, 0.15) is 11.1 Å². The van der Waals surface area contributed by atoms with Crippen LogP contribution in [0.2, 0.25) is 0 Å². The molecule has 2 heterocycles. The van der Waals surface area contributed by atoms with Crippen molar-refractivity contribution in [1.29, 1.82) is 0 Å². The molecule has 0 fully saturated rings. The maximum atomic E-state index is 12.9. The summed E-state index contributed by atoms with van der Waals surface area (Å²) in [5, 5.41) is 7.82. The van der Waals surface area contributed by atoms with Gasteiger partial charge in [-0.05, 0) is 19.1 Å². The molecule has 0 bridgehead atoms. The maximum absolute atomic E-state index is 12.9. The summed E-state index contributed by atoms with van der Waals surface area (Å²) in [6.07, 6.45) is -3.51. The SMILES string of the molecule is Cc1cccc(-c2nnc3c(N)cc(C(F)(F)F)cn23)c1. The van der Waals surface area contributed by atoms with E-state index < -0.39 is 11.7 Å². The Morgan fingerprint density at radius 3 is 2.57 bits per heavy atom. The van der Waals surface area contributed by atoms with Gasteiger partial charge in [0.1, 0.15) is 0 Å². The fourth-order valence-corrected chi connectivity index (χ4v) is 2.15. The van der Waals surface area contributed by atoms with Gasteiger partial charge >= 0.3 is 6.18 Å². The number of anilines is 1. The summed E-state index contributed by atoms with van der Waals surface area (Å²) < 4.78 is 39.9. The van der Waals surface area contributed by atoms with E-state index >= 15 is 0 Å². The molecule has 0 aliphatic carbocycles. The van der Waals surface area contributed by atoms with Crippen LogP contribution in [0.5, 0.6) is 0 Å². The normalized spacial score (nSPS) is 12.0. The summed E-state index contributed by atoms with van der Waals surface area (Å²) in [5.74, 6) is 0.325. The summed E-state index contributed by atoms with van der Waals surface area (Å²) in [5.41, 5.74) is 6.63. The van der Waals surface area contributed by atoms with Gasteiger partial charge in [-0.1, -0.05) is 23.8 Å². The Morgan fingerprint density at radius 2 is 1.90 bits per heavy atom. The molecule has 0 amide bonds. The van der Waals surface area contributed by atoms with Crippen LogP contribution in [0.15, 0.2) is 36.5 Å². The molecular formula is C14H11F3N4. The van der Waals surface area contributed by atoms with Crippen LogP contribution in [0.4, 0.5) is 18.9 Å². The highest BCUT2D eigenvalue weighted by Gasteiger charge is 2.32. The minimum Gasteiger partial charge on any atom is -0.396 e. The Kier molecular flexibility index (Phi) is 2.86. The number of hydrogen-bond acceptors (Lipinski definition) is 3. The van der Waals surface area contributed by atoms with E-state index in [1.54, 1.807) is 6.07 Å². The van der Waals surface area contributed by atoms with E-state index in [4.69, 9.17) is 5.73 Å². The van der Waals surface area contributed by atoms with E-state index in [1.165, 1.54) is 4.40 Å². The van der Waals surface area contributed by atoms with Gasteiger partial charge in [0.25, 0.3) is 0 Å². The van der Waals surface area contributed by atoms with Crippen LogP contribution in [-0.4, -0.2) is 14.6 Å². The predicted molar refractivity (Wildman–Crippen MR) is 72.6 cm³/mol. The molecule has 2 N–H and O–H groups in total. The molecule has 7 heteroatoms. The average Bonchev–Trinajstić information content (AvgIpc) is 2.82. The number of hydrogen-bond donors (Lipinski definition) is 1. The highest BCUT2D eigenvalue weighted by atomic mass is 19.4. The third kappa shape index (κ3) is 2.31. The lowest BCUT2D eigenvalue weighted by Gasteiger charge is -2.09. The molecule has 3 rings (SSSR count). The molecule has 0 saturated carbocycles. The molecule has 1 aromatic carbocycles. The number of nitrogen functional groups attached to an aromatic ring is 1. The van der Waals surface area contributed by atoms with Crippen molar-refractivity contribution in [2.24, 2.45) is 0 Å². The van der Waals surface area contributed by atoms with Crippen molar-refractivity contribution in [3.8, 4) is 11.4 Å². The Morgan fingerprint density at radius 1 is 1.14 bits per heavy atom. The van der Waals surface area contributed by atoms with Crippen LogP contribution < -0.4 is 5.73 Å². The molecule has 3 aromatic rings. The van der Waals surface area contributed by atoms with Gasteiger partial charge in [0, 0.05) is 11.8 Å². The first-order valence-electron chi connectivity index (χ1n) is 6.15. The Hall–Kier alpha value is -2.57. The number of nitrogens with zero attached hydrogens (tertiary/aromatic N) is 3. The standard InChI is InChI=1S/C14H11F3N4/c1-8-3-2-4-9(5-8)12-19-20-13-11(18)6-10(7-21(12)13)14(15,16)17/h2-7H,18H2,1H3. The van der Waals surface area contributed by atoms with Crippen molar-refractivity contribution in [3.05, 3.63) is 47.7 Å². The highest BCUT2D eigenvalue weighted by molar-refractivity contribution is 5.70. The second-order valence-electron chi connectivity index (χ2n) is 4.77. The number of aromatic nitrogens is 3. The van der Waals surface area contributed by atoms with Gasteiger partial charge in [-0.2, -0.15) is 13.2 Å². The summed E-state index contributed by atoms with van der Waals surface area (Å²) in [7, 11) is 0. The fourth-order valence-electron chi connectivity index (χ4n) is 2.15. The van der Waals surface area contributed by atoms with Crippen molar-refractivity contribution in [3.63, 3.8) is 0 Å². The molecule has 0 aliphatic heterocycles. The number of halogens is 3. The van der Waals surface area contributed by atoms with Crippen LogP contribution in [0, 0.1) is 6.92 Å². The lowest BCUT2D eigenvalue weighted by molar-refractivity contribution is -0.137. The van der Waals surface area contributed by atoms with Crippen molar-refractivity contribution in [2.75, 3.05) is 5.73 Å². The van der Waals surface area contributed by atoms with E-state index in [0.29, 0.717) is 11.4 Å². The number of pyridine rings is 1. The molecular weight excluding hydrogens is 281 g/mol. The van der Waals surface area contributed by atoms with Crippen LogP contribution in [0.3, 0.4) is 0 Å². The first-order valence-corrected chi connectivity index (χ1v) is 6.15. The lowest BCUT2D eigenvalue weighted by Crippen LogP contribution is -2.08. The third-order valence-electron chi connectivity index (χ3n) is 3.14. The van der Waals surface area contributed by atoms with E-state index in [0.717, 1.165) is 17.8 Å². The number of benzene rings is 1. The Balaban J connectivity index is 2.28. The van der Waals surface area contributed by atoms with Gasteiger partial charge < -0.3 is 5.73 Å². The first kappa shape index (κ1) is 13.4. The average molecular weight is 292 g/mol. The molecule has 0 atom stereocenters. The molecule has 2 aromatic heterocycles. The van der Waals surface area contributed by atoms with E-state index in [-0.39, 0.29) is 11.3 Å². The summed E-state index contributed by atoms with van der Waals surface area (Å²) in [6.45, 7) is 1.89. The quantitative estimate of drug-likeness (QED) is 0.748. The van der Waals surface area contributed by atoms with Crippen molar-refractivity contribution < 1.29 is 13.2 Å². The monoisotopic (exact) mass is 292 g/mol. The van der Waals surface area contributed by atoms with Gasteiger partial charge in [0.15, 0.2) is 11.5 Å². The van der Waals surface area contributed by atoms with Crippen molar-refractivity contribution in [2.45, 2.75) is 13.1 Å². The zero-order valence-electron chi connectivity index (χ0n) is 11.0. The molecule has 108 valence electrons. The zero-order chi connectivity index (χ0) is 15.2. The van der Waals surface area contributed by atoms with Gasteiger partial charge in [0.2, 0.25) is 0 Å². The summed E-state index contributed by atoms with van der Waals surface area (Å²) in [6, 6.07) is 8.15. The van der Waals surface area contributed by atoms with E-state index in [9.17, 15) is 13.2 Å². The van der Waals surface area contributed by atoms with Gasteiger partial charge in [-0.15, -0.1) is 10.2 Å². The van der Waals surface area contributed by atoms with E-state index in [2.05, 4.69) is 10.2 Å². The zero-order valence-corrected chi connectivity index (χ0v) is 11.0. The van der Waals surface area contributed by atoms with Crippen molar-refractivity contribution in [1.82, 2.24) is 14.6 Å². The number of fused-ring (bicyclic) bond motifs is 1. The highest BCUT2D eigenvalue weighted by Crippen LogP contribution is 2.32. The lowest BCUT2D eigenvalue weighted by atomic mass is 10.1. The Bertz CT molecular complexity index is 821. The topological polar surface area (TPSA) is 56.2 Å². The predicted octanol–water partition coefficient (Wildman–Crippen LogP) is 3.31. The minimum absolute atomic E-state index is 0.0590. The molecule has 0 unspecified atom stereocenters. The van der Waals surface area contributed by atoms with Crippen LogP contribution in [-0.2, 0) is 6.18 Å². The second-order valence-corrected chi connectivity index (χ2v) is 4.77. The summed E-state index contributed by atoms with van der Waals surface area (Å²) in [4.78, 5) is 0. The number of rotatable bonds is 1. The van der Waals surface area contributed by atoms with Gasteiger partial charge in [-0.25, -0.2) is 0 Å².